The first kappa shape index (κ1) is 31.7. The van der Waals surface area contributed by atoms with Gasteiger partial charge in [0.05, 0.1) is 27.7 Å². The number of amides is 2. The number of sulfonamides is 1. The van der Waals surface area contributed by atoms with E-state index < -0.39 is 28.5 Å². The van der Waals surface area contributed by atoms with E-state index >= 15 is 0 Å². The number of carbonyl (C=O) groups is 2. The molecule has 0 heterocycles. The molecular formula is C31H35Cl2N3O5S. The highest BCUT2D eigenvalue weighted by molar-refractivity contribution is 7.92. The summed E-state index contributed by atoms with van der Waals surface area (Å²) in [5, 5.41) is 3.73. The van der Waals surface area contributed by atoms with Crippen LogP contribution in [0.1, 0.15) is 43.7 Å². The van der Waals surface area contributed by atoms with Crippen molar-refractivity contribution in [3.05, 3.63) is 87.9 Å². The van der Waals surface area contributed by atoms with E-state index in [0.29, 0.717) is 27.0 Å². The van der Waals surface area contributed by atoms with E-state index in [2.05, 4.69) is 5.32 Å². The first-order valence-corrected chi connectivity index (χ1v) is 16.0. The highest BCUT2D eigenvalue weighted by atomic mass is 35.5. The second-order valence-electron chi connectivity index (χ2n) is 10.5. The molecule has 11 heteroatoms. The molecule has 4 rings (SSSR count). The number of carbonyl (C=O) groups excluding carboxylic acids is 2. The Balaban J connectivity index is 1.69. The van der Waals surface area contributed by atoms with Crippen LogP contribution in [0.25, 0.3) is 0 Å². The number of anilines is 1. The van der Waals surface area contributed by atoms with E-state index in [4.69, 9.17) is 27.9 Å². The third-order valence-electron chi connectivity index (χ3n) is 7.45. The lowest BCUT2D eigenvalue weighted by Gasteiger charge is -2.32. The van der Waals surface area contributed by atoms with Gasteiger partial charge in [0.25, 0.3) is 10.0 Å². The zero-order chi connectivity index (χ0) is 30.4. The van der Waals surface area contributed by atoms with Gasteiger partial charge in [0.15, 0.2) is 0 Å². The van der Waals surface area contributed by atoms with Crippen LogP contribution < -0.4 is 14.4 Å². The largest absolute Gasteiger partial charge is 0.497 e. The summed E-state index contributed by atoms with van der Waals surface area (Å²) >= 11 is 12.4. The van der Waals surface area contributed by atoms with Crippen LogP contribution in [0.4, 0.5) is 5.69 Å². The summed E-state index contributed by atoms with van der Waals surface area (Å²) in [6.07, 6.45) is 3.86. The molecule has 3 aromatic carbocycles. The molecule has 1 saturated carbocycles. The molecule has 0 saturated heterocycles. The highest BCUT2D eigenvalue weighted by Gasteiger charge is 2.33. The van der Waals surface area contributed by atoms with Gasteiger partial charge in [0, 0.05) is 12.6 Å². The lowest BCUT2D eigenvalue weighted by Crippen LogP contribution is -2.52. The Morgan fingerprint density at radius 1 is 0.976 bits per heavy atom. The predicted molar refractivity (Wildman–Crippen MR) is 166 cm³/mol. The maximum absolute atomic E-state index is 14.1. The molecule has 1 aliphatic rings. The van der Waals surface area contributed by atoms with Crippen molar-refractivity contribution in [2.45, 2.75) is 63.1 Å². The molecule has 42 heavy (non-hydrogen) atoms. The summed E-state index contributed by atoms with van der Waals surface area (Å²) in [5.74, 6) is -0.343. The number of benzene rings is 3. The topological polar surface area (TPSA) is 96.0 Å². The second-order valence-corrected chi connectivity index (χ2v) is 13.1. The van der Waals surface area contributed by atoms with Crippen molar-refractivity contribution in [1.82, 2.24) is 10.2 Å². The van der Waals surface area contributed by atoms with E-state index in [1.54, 1.807) is 61.5 Å². The first-order chi connectivity index (χ1) is 20.0. The number of ether oxygens (including phenoxy) is 1. The van der Waals surface area contributed by atoms with Crippen molar-refractivity contribution in [2.75, 3.05) is 18.0 Å². The van der Waals surface area contributed by atoms with Crippen LogP contribution in [0.3, 0.4) is 0 Å². The summed E-state index contributed by atoms with van der Waals surface area (Å²) in [6.45, 7) is 3.04. The molecule has 224 valence electrons. The van der Waals surface area contributed by atoms with Gasteiger partial charge in [-0.3, -0.25) is 13.9 Å². The fourth-order valence-corrected chi connectivity index (χ4v) is 6.66. The van der Waals surface area contributed by atoms with Gasteiger partial charge in [0.2, 0.25) is 11.8 Å². The van der Waals surface area contributed by atoms with E-state index in [-0.39, 0.29) is 23.4 Å². The number of hydrogen-bond acceptors (Lipinski definition) is 5. The number of nitrogens with one attached hydrogen (secondary N) is 1. The molecule has 8 nitrogen and oxygen atoms in total. The molecule has 0 aromatic heterocycles. The SMILES string of the molecule is COc1ccc(S(=O)(=O)N(CC(=O)N(Cc2ccc(Cl)c(Cl)c2)[C@@H](C)C(=O)NC2CCCC2)c2ccc(C)cc2)cc1. The van der Waals surface area contributed by atoms with E-state index in [9.17, 15) is 18.0 Å². The van der Waals surface area contributed by atoms with Gasteiger partial charge in [0.1, 0.15) is 18.3 Å². The summed E-state index contributed by atoms with van der Waals surface area (Å²) in [6, 6.07) is 17.0. The van der Waals surface area contributed by atoms with Gasteiger partial charge >= 0.3 is 0 Å². The molecule has 1 atom stereocenters. The predicted octanol–water partition coefficient (Wildman–Crippen LogP) is 5.98. The van der Waals surface area contributed by atoms with Crippen LogP contribution >= 0.6 is 23.2 Å². The maximum atomic E-state index is 14.1. The molecule has 0 spiro atoms. The molecule has 0 unspecified atom stereocenters. The minimum absolute atomic E-state index is 0.000247. The van der Waals surface area contributed by atoms with Gasteiger partial charge in [-0.25, -0.2) is 8.42 Å². The minimum atomic E-state index is -4.18. The minimum Gasteiger partial charge on any atom is -0.497 e. The summed E-state index contributed by atoms with van der Waals surface area (Å²) < 4.78 is 34.2. The van der Waals surface area contributed by atoms with E-state index in [1.807, 2.05) is 6.92 Å². The normalized spacial score (nSPS) is 14.3. The first-order valence-electron chi connectivity index (χ1n) is 13.8. The summed E-state index contributed by atoms with van der Waals surface area (Å²) in [7, 11) is -2.69. The van der Waals surface area contributed by atoms with Crippen LogP contribution in [-0.4, -0.2) is 50.9 Å². The van der Waals surface area contributed by atoms with Crippen molar-refractivity contribution < 1.29 is 22.7 Å². The molecule has 2 amide bonds. The van der Waals surface area contributed by atoms with Gasteiger partial charge in [-0.2, -0.15) is 0 Å². The van der Waals surface area contributed by atoms with Gasteiger partial charge in [-0.1, -0.05) is 59.8 Å². The fourth-order valence-electron chi connectivity index (χ4n) is 4.92. The van der Waals surface area contributed by atoms with E-state index in [1.165, 1.54) is 24.1 Å². The number of aryl methyl sites for hydroxylation is 1. The number of hydrogen-bond donors (Lipinski definition) is 1. The Bertz CT molecular complexity index is 1510. The molecule has 0 bridgehead atoms. The van der Waals surface area contributed by atoms with Crippen molar-refractivity contribution in [1.29, 1.82) is 0 Å². The van der Waals surface area contributed by atoms with Crippen molar-refractivity contribution in [3.8, 4) is 5.75 Å². The zero-order valence-electron chi connectivity index (χ0n) is 23.8. The number of nitrogens with zero attached hydrogens (tertiary/aromatic N) is 2. The Morgan fingerprint density at radius 2 is 1.62 bits per heavy atom. The zero-order valence-corrected chi connectivity index (χ0v) is 26.2. The van der Waals surface area contributed by atoms with Gasteiger partial charge in [-0.05, 0) is 80.8 Å². The Kier molecular flexibility index (Phi) is 10.4. The molecule has 0 radical (unpaired) electrons. The van der Waals surface area contributed by atoms with Crippen LogP contribution in [-0.2, 0) is 26.2 Å². The fraction of sp³-hybridized carbons (Fsp3) is 0.355. The molecule has 0 aliphatic heterocycles. The van der Waals surface area contributed by atoms with Crippen LogP contribution in [0.5, 0.6) is 5.75 Å². The van der Waals surface area contributed by atoms with Gasteiger partial charge < -0.3 is 15.0 Å². The lowest BCUT2D eigenvalue weighted by atomic mass is 10.1. The van der Waals surface area contributed by atoms with Crippen molar-refractivity contribution in [3.63, 3.8) is 0 Å². The van der Waals surface area contributed by atoms with Crippen LogP contribution in [0, 0.1) is 6.92 Å². The summed E-state index contributed by atoms with van der Waals surface area (Å²) in [5.41, 5.74) is 1.91. The number of rotatable bonds is 11. The number of halogens is 2. The number of methoxy groups -OCH3 is 1. The third kappa shape index (κ3) is 7.56. The molecule has 1 N–H and O–H groups in total. The van der Waals surface area contributed by atoms with Crippen LogP contribution in [0.15, 0.2) is 71.6 Å². The second kappa shape index (κ2) is 13.8. The quantitative estimate of drug-likeness (QED) is 0.281. The van der Waals surface area contributed by atoms with Crippen molar-refractivity contribution in [2.24, 2.45) is 0 Å². The molecule has 3 aromatic rings. The molecule has 1 aliphatic carbocycles. The average molecular weight is 633 g/mol. The summed E-state index contributed by atoms with van der Waals surface area (Å²) in [4.78, 5) is 28.8. The Morgan fingerprint density at radius 3 is 2.21 bits per heavy atom. The molecular weight excluding hydrogens is 597 g/mol. The lowest BCUT2D eigenvalue weighted by molar-refractivity contribution is -0.139. The Labute approximate surface area is 257 Å². The maximum Gasteiger partial charge on any atom is 0.264 e. The average Bonchev–Trinajstić information content (AvgIpc) is 3.49. The monoisotopic (exact) mass is 631 g/mol. The van der Waals surface area contributed by atoms with Crippen molar-refractivity contribution >= 4 is 50.7 Å². The standard InChI is InChI=1S/C31H35Cl2N3O5S/c1-21-8-11-25(12-9-21)36(42(39,40)27-15-13-26(41-3)14-16-27)20-30(37)35(19-23-10-17-28(32)29(33)18-23)22(2)31(38)34-24-6-4-5-7-24/h8-18,22,24H,4-7,19-20H2,1-3H3,(H,34,38)/t22-/m0/s1. The molecule has 1 fully saturated rings. The highest BCUT2D eigenvalue weighted by Crippen LogP contribution is 2.28. The Hall–Kier alpha value is -3.27. The third-order valence-corrected chi connectivity index (χ3v) is 9.98. The van der Waals surface area contributed by atoms with E-state index in [0.717, 1.165) is 35.6 Å². The smallest absolute Gasteiger partial charge is 0.264 e. The van der Waals surface area contributed by atoms with Crippen LogP contribution in [0.2, 0.25) is 10.0 Å². The van der Waals surface area contributed by atoms with Gasteiger partial charge in [-0.15, -0.1) is 0 Å².